The van der Waals surface area contributed by atoms with Crippen LogP contribution >= 0.6 is 0 Å². The standard InChI is InChI=1S/C18H14F3N5O3/c1-16-6-11(24-25-23)17(2,29-16)13-12(16)14(27)26(15(13)28)9-4-3-8(7-22)10(5-9)18(19,20)21/h3-5,11-13H,6H2,1-2H3/t11-,12-,13+,16-,17+/m1/s1. The van der Waals surface area contributed by atoms with Crippen molar-refractivity contribution in [1.82, 2.24) is 0 Å². The van der Waals surface area contributed by atoms with Gasteiger partial charge in [-0.2, -0.15) is 18.4 Å². The second kappa shape index (κ2) is 5.72. The molecule has 0 aromatic heterocycles. The lowest BCUT2D eigenvalue weighted by Gasteiger charge is -2.32. The van der Waals surface area contributed by atoms with Crippen LogP contribution in [0.15, 0.2) is 23.3 Å². The first-order chi connectivity index (χ1) is 13.5. The molecule has 5 atom stereocenters. The molecule has 3 fully saturated rings. The summed E-state index contributed by atoms with van der Waals surface area (Å²) in [6, 6.07) is 3.49. The number of nitrogens with zero attached hydrogens (tertiary/aromatic N) is 5. The number of amides is 2. The predicted molar refractivity (Wildman–Crippen MR) is 91.1 cm³/mol. The van der Waals surface area contributed by atoms with Crippen LogP contribution in [0.25, 0.3) is 10.4 Å². The van der Waals surface area contributed by atoms with Gasteiger partial charge in [-0.05, 0) is 44.0 Å². The summed E-state index contributed by atoms with van der Waals surface area (Å²) in [6.45, 7) is 3.22. The molecule has 11 heteroatoms. The Balaban J connectivity index is 1.81. The van der Waals surface area contributed by atoms with Gasteiger partial charge in [0.05, 0.1) is 52.0 Å². The highest BCUT2D eigenvalue weighted by Gasteiger charge is 2.75. The van der Waals surface area contributed by atoms with E-state index in [0.717, 1.165) is 17.0 Å². The zero-order chi connectivity index (χ0) is 21.4. The summed E-state index contributed by atoms with van der Waals surface area (Å²) >= 11 is 0. The van der Waals surface area contributed by atoms with E-state index in [4.69, 9.17) is 15.5 Å². The maximum atomic E-state index is 13.3. The van der Waals surface area contributed by atoms with Gasteiger partial charge in [0.25, 0.3) is 0 Å². The minimum Gasteiger partial charge on any atom is -0.367 e. The van der Waals surface area contributed by atoms with Gasteiger partial charge in [0.2, 0.25) is 11.8 Å². The molecule has 0 saturated carbocycles. The molecule has 0 N–H and O–H groups in total. The smallest absolute Gasteiger partial charge is 0.367 e. The number of halogens is 3. The number of nitriles is 1. The van der Waals surface area contributed by atoms with Crippen molar-refractivity contribution in [2.75, 3.05) is 4.90 Å². The fourth-order valence-electron chi connectivity index (χ4n) is 5.00. The molecule has 2 bridgehead atoms. The van der Waals surface area contributed by atoms with Crippen LogP contribution in [0.5, 0.6) is 0 Å². The van der Waals surface area contributed by atoms with Crippen molar-refractivity contribution in [3.05, 3.63) is 39.8 Å². The van der Waals surface area contributed by atoms with E-state index in [-0.39, 0.29) is 12.1 Å². The molecule has 29 heavy (non-hydrogen) atoms. The van der Waals surface area contributed by atoms with E-state index in [1.54, 1.807) is 13.8 Å². The van der Waals surface area contributed by atoms with Gasteiger partial charge in [0, 0.05) is 4.91 Å². The number of hydrogen-bond acceptors (Lipinski definition) is 5. The summed E-state index contributed by atoms with van der Waals surface area (Å²) in [6.07, 6.45) is -4.60. The second-order valence-electron chi connectivity index (χ2n) is 7.83. The number of ether oxygens (including phenoxy) is 1. The Morgan fingerprint density at radius 1 is 1.31 bits per heavy atom. The summed E-state index contributed by atoms with van der Waals surface area (Å²) in [7, 11) is 0. The van der Waals surface area contributed by atoms with Crippen LogP contribution < -0.4 is 4.90 Å². The molecule has 0 aliphatic carbocycles. The Morgan fingerprint density at radius 3 is 2.55 bits per heavy atom. The summed E-state index contributed by atoms with van der Waals surface area (Å²) in [5.74, 6) is -3.24. The molecular weight excluding hydrogens is 391 g/mol. The number of benzene rings is 1. The lowest BCUT2D eigenvalue weighted by Crippen LogP contribution is -2.48. The minimum atomic E-state index is -4.82. The summed E-state index contributed by atoms with van der Waals surface area (Å²) < 4.78 is 45.9. The molecule has 3 aliphatic heterocycles. The highest BCUT2D eigenvalue weighted by molar-refractivity contribution is 6.23. The van der Waals surface area contributed by atoms with E-state index in [9.17, 15) is 22.8 Å². The van der Waals surface area contributed by atoms with Crippen molar-refractivity contribution in [2.24, 2.45) is 17.0 Å². The largest absolute Gasteiger partial charge is 0.417 e. The SMILES string of the molecule is C[C@]12O[C@](C)(C[C@H]1N=[N+]=[N-])[C@H]1C(=O)N(c3ccc(C#N)c(C(F)(F)F)c3)C(=O)[C@H]12. The van der Waals surface area contributed by atoms with Crippen LogP contribution in [-0.4, -0.2) is 29.1 Å². The molecule has 4 rings (SSSR count). The maximum absolute atomic E-state index is 13.3. The lowest BCUT2D eigenvalue weighted by atomic mass is 9.67. The van der Waals surface area contributed by atoms with E-state index in [0.29, 0.717) is 6.07 Å². The monoisotopic (exact) mass is 405 g/mol. The highest BCUT2D eigenvalue weighted by atomic mass is 19.4. The molecule has 0 radical (unpaired) electrons. The Kier molecular flexibility index (Phi) is 3.79. The molecule has 1 aromatic carbocycles. The number of carbonyl (C=O) groups excluding carboxylic acids is 2. The Bertz CT molecular complexity index is 1040. The summed E-state index contributed by atoms with van der Waals surface area (Å²) in [5, 5.41) is 12.6. The third kappa shape index (κ3) is 2.39. The summed E-state index contributed by atoms with van der Waals surface area (Å²) in [4.78, 5) is 29.7. The fourth-order valence-corrected chi connectivity index (χ4v) is 5.00. The average molecular weight is 405 g/mol. The Labute approximate surface area is 162 Å². The fraction of sp³-hybridized carbons (Fsp3) is 0.500. The Hall–Kier alpha value is -3.09. The number of imide groups is 1. The van der Waals surface area contributed by atoms with Crippen molar-refractivity contribution < 1.29 is 27.5 Å². The first-order valence-corrected chi connectivity index (χ1v) is 8.71. The van der Waals surface area contributed by atoms with Gasteiger partial charge >= 0.3 is 6.18 Å². The van der Waals surface area contributed by atoms with Gasteiger partial charge in [0.15, 0.2) is 0 Å². The van der Waals surface area contributed by atoms with E-state index in [1.165, 1.54) is 6.07 Å². The number of fused-ring (bicyclic) bond motifs is 5. The second-order valence-corrected chi connectivity index (χ2v) is 7.83. The van der Waals surface area contributed by atoms with E-state index in [2.05, 4.69) is 10.0 Å². The first kappa shape index (κ1) is 19.2. The van der Waals surface area contributed by atoms with Crippen LogP contribution in [0.4, 0.5) is 18.9 Å². The maximum Gasteiger partial charge on any atom is 0.417 e. The van der Waals surface area contributed by atoms with Crippen LogP contribution in [0, 0.1) is 23.2 Å². The zero-order valence-electron chi connectivity index (χ0n) is 15.3. The molecule has 150 valence electrons. The number of alkyl halides is 3. The molecule has 3 heterocycles. The number of anilines is 1. The molecule has 0 unspecified atom stereocenters. The van der Waals surface area contributed by atoms with E-state index in [1.807, 2.05) is 0 Å². The molecular formula is C18H14F3N5O3. The number of carbonyl (C=O) groups is 2. The normalized spacial score (nSPS) is 35.4. The van der Waals surface area contributed by atoms with Crippen LogP contribution in [0.3, 0.4) is 0 Å². The van der Waals surface area contributed by atoms with E-state index >= 15 is 0 Å². The van der Waals surface area contributed by atoms with Crippen molar-refractivity contribution >= 4 is 17.5 Å². The van der Waals surface area contributed by atoms with Gasteiger partial charge in [-0.1, -0.05) is 5.11 Å². The average Bonchev–Trinajstić information content (AvgIpc) is 3.15. The van der Waals surface area contributed by atoms with Crippen LogP contribution in [0.2, 0.25) is 0 Å². The molecule has 3 saturated heterocycles. The molecule has 8 nitrogen and oxygen atoms in total. The van der Waals surface area contributed by atoms with Crippen molar-refractivity contribution in [3.8, 4) is 6.07 Å². The topological polar surface area (TPSA) is 119 Å². The van der Waals surface area contributed by atoms with Gasteiger partial charge in [-0.25, -0.2) is 4.90 Å². The van der Waals surface area contributed by atoms with Gasteiger partial charge < -0.3 is 4.74 Å². The summed E-state index contributed by atoms with van der Waals surface area (Å²) in [5.41, 5.74) is 4.42. The third-order valence-electron chi connectivity index (χ3n) is 6.17. The van der Waals surface area contributed by atoms with E-state index < -0.39 is 58.2 Å². The van der Waals surface area contributed by atoms with Gasteiger partial charge in [0.1, 0.15) is 0 Å². The number of rotatable bonds is 2. The lowest BCUT2D eigenvalue weighted by molar-refractivity contribution is -0.138. The zero-order valence-corrected chi connectivity index (χ0v) is 15.3. The van der Waals surface area contributed by atoms with Crippen molar-refractivity contribution in [3.63, 3.8) is 0 Å². The first-order valence-electron chi connectivity index (χ1n) is 8.71. The van der Waals surface area contributed by atoms with Crippen molar-refractivity contribution in [2.45, 2.75) is 43.7 Å². The number of hydrogen-bond donors (Lipinski definition) is 0. The third-order valence-corrected chi connectivity index (χ3v) is 6.17. The van der Waals surface area contributed by atoms with Crippen molar-refractivity contribution in [1.29, 1.82) is 5.26 Å². The Morgan fingerprint density at radius 2 is 1.97 bits per heavy atom. The highest BCUT2D eigenvalue weighted by Crippen LogP contribution is 2.61. The van der Waals surface area contributed by atoms with Crippen LogP contribution in [0.1, 0.15) is 31.4 Å². The quantitative estimate of drug-likeness (QED) is 0.324. The molecule has 0 spiro atoms. The van der Waals surface area contributed by atoms with Gasteiger partial charge in [-0.3, -0.25) is 9.59 Å². The number of azide groups is 1. The van der Waals surface area contributed by atoms with Gasteiger partial charge in [-0.15, -0.1) is 0 Å². The molecule has 3 aliphatic rings. The molecule has 1 aromatic rings. The van der Waals surface area contributed by atoms with Crippen LogP contribution in [-0.2, 0) is 20.5 Å². The molecule has 2 amide bonds. The predicted octanol–water partition coefficient (Wildman–Crippen LogP) is 3.31. The minimum absolute atomic E-state index is 0.225.